The molecular formula is C22H13N2O7. The molecule has 0 bridgehead atoms. The maximum atomic E-state index is 13.3. The number of benzene rings is 1. The zero-order valence-electron chi connectivity index (χ0n) is 15.8. The lowest BCUT2D eigenvalue weighted by Crippen LogP contribution is -2.51. The number of fused-ring (bicyclic) bond motifs is 1. The number of nitrogens with zero attached hydrogens (tertiary/aromatic N) is 2. The second kappa shape index (κ2) is 8.46. The molecule has 9 nitrogen and oxygen atoms in total. The maximum absolute atomic E-state index is 13.3. The topological polar surface area (TPSA) is 118 Å². The number of esters is 2. The molecule has 0 aliphatic carbocycles. The van der Waals surface area contributed by atoms with Crippen LogP contribution in [0.3, 0.4) is 0 Å². The minimum absolute atomic E-state index is 0.0451. The Labute approximate surface area is 175 Å². The van der Waals surface area contributed by atoms with Crippen molar-refractivity contribution < 1.29 is 33.0 Å². The predicted molar refractivity (Wildman–Crippen MR) is 104 cm³/mol. The Kier molecular flexibility index (Phi) is 5.39. The number of carbonyl (C=O) groups is 2. The van der Waals surface area contributed by atoms with Crippen LogP contribution < -0.4 is 9.47 Å². The summed E-state index contributed by atoms with van der Waals surface area (Å²) in [6.07, 6.45) is 4.09. The van der Waals surface area contributed by atoms with Crippen molar-refractivity contribution in [1.29, 1.82) is 0 Å². The van der Waals surface area contributed by atoms with E-state index in [0.29, 0.717) is 10.9 Å². The van der Waals surface area contributed by atoms with Gasteiger partial charge in [0.15, 0.2) is 5.75 Å². The third kappa shape index (κ3) is 3.71. The van der Waals surface area contributed by atoms with Crippen molar-refractivity contribution in [3.63, 3.8) is 0 Å². The molecule has 4 aromatic rings. The van der Waals surface area contributed by atoms with Gasteiger partial charge in [-0.25, -0.2) is 14.4 Å². The Bertz CT molecular complexity index is 1220. The number of rotatable bonds is 7. The Morgan fingerprint density at radius 2 is 1.68 bits per heavy atom. The van der Waals surface area contributed by atoms with Crippen molar-refractivity contribution in [2.24, 2.45) is 0 Å². The second-order valence-corrected chi connectivity index (χ2v) is 6.12. The maximum Gasteiger partial charge on any atom is 0.419 e. The monoisotopic (exact) mass is 417 g/mol. The molecule has 0 saturated carbocycles. The van der Waals surface area contributed by atoms with Gasteiger partial charge in [-0.05, 0) is 30.3 Å². The van der Waals surface area contributed by atoms with Gasteiger partial charge >= 0.3 is 24.0 Å². The van der Waals surface area contributed by atoms with E-state index in [4.69, 9.17) is 18.6 Å². The molecule has 4 rings (SSSR count). The van der Waals surface area contributed by atoms with Gasteiger partial charge in [-0.1, -0.05) is 24.3 Å². The molecule has 153 valence electrons. The van der Waals surface area contributed by atoms with Crippen LogP contribution in [-0.2, 0) is 24.7 Å². The van der Waals surface area contributed by atoms with Crippen molar-refractivity contribution in [2.45, 2.75) is 5.60 Å². The third-order valence-electron chi connectivity index (χ3n) is 4.28. The quantitative estimate of drug-likeness (QED) is 0.254. The van der Waals surface area contributed by atoms with E-state index in [-0.39, 0.29) is 17.4 Å². The zero-order chi connectivity index (χ0) is 21.7. The summed E-state index contributed by atoms with van der Waals surface area (Å²) in [4.78, 5) is 45.8. The first-order valence-corrected chi connectivity index (χ1v) is 8.93. The molecule has 1 atom stereocenters. The van der Waals surface area contributed by atoms with Gasteiger partial charge < -0.3 is 18.6 Å². The van der Waals surface area contributed by atoms with Crippen LogP contribution in [0.1, 0.15) is 5.69 Å². The largest absolute Gasteiger partial charge is 0.434 e. The molecule has 0 saturated heterocycles. The number of carbonyl (C=O) groups excluding carboxylic acids is 3. The zero-order valence-corrected chi connectivity index (χ0v) is 15.8. The molecular weight excluding hydrogens is 404 g/mol. The molecule has 0 aliphatic rings. The van der Waals surface area contributed by atoms with Crippen LogP contribution in [0.5, 0.6) is 11.7 Å². The number of aromatic nitrogens is 2. The smallest absolute Gasteiger partial charge is 0.419 e. The molecule has 3 heterocycles. The van der Waals surface area contributed by atoms with E-state index in [9.17, 15) is 14.4 Å². The fraction of sp³-hybridized carbons (Fsp3) is 0.0455. The Balaban J connectivity index is 1.79. The van der Waals surface area contributed by atoms with E-state index in [0.717, 1.165) is 6.47 Å². The summed E-state index contributed by atoms with van der Waals surface area (Å²) in [6, 6.07) is 15.6. The van der Waals surface area contributed by atoms with Gasteiger partial charge in [-0.2, -0.15) is 0 Å². The van der Waals surface area contributed by atoms with E-state index in [2.05, 4.69) is 9.97 Å². The highest BCUT2D eigenvalue weighted by Crippen LogP contribution is 2.31. The standard InChI is InChI=1S/C22H13N2O7/c25-14-29-22(17-9-1-2-11-23-17,21(27)31-18-10-5-13-28-18)20(26)30-16-8-3-6-15-7-4-12-24-19(15)16/h1-13H. The first kappa shape index (κ1) is 19.8. The molecule has 3 aromatic heterocycles. The Morgan fingerprint density at radius 1 is 0.871 bits per heavy atom. The average molecular weight is 417 g/mol. The van der Waals surface area contributed by atoms with Crippen molar-refractivity contribution in [2.75, 3.05) is 0 Å². The van der Waals surface area contributed by atoms with Crippen LogP contribution in [0.2, 0.25) is 0 Å². The second-order valence-electron chi connectivity index (χ2n) is 6.12. The summed E-state index contributed by atoms with van der Waals surface area (Å²) < 4.78 is 20.5. The number of furan rings is 1. The van der Waals surface area contributed by atoms with Crippen molar-refractivity contribution >= 4 is 29.3 Å². The average Bonchev–Trinajstić information content (AvgIpc) is 3.31. The van der Waals surface area contributed by atoms with Gasteiger partial charge in [-0.3, -0.25) is 9.97 Å². The fourth-order valence-electron chi connectivity index (χ4n) is 2.88. The van der Waals surface area contributed by atoms with E-state index in [1.807, 2.05) is 0 Å². The molecule has 31 heavy (non-hydrogen) atoms. The van der Waals surface area contributed by atoms with E-state index >= 15 is 0 Å². The van der Waals surface area contributed by atoms with Crippen LogP contribution >= 0.6 is 0 Å². The number of pyridine rings is 2. The van der Waals surface area contributed by atoms with Gasteiger partial charge in [0.25, 0.3) is 5.95 Å². The number of para-hydroxylation sites is 1. The van der Waals surface area contributed by atoms with Gasteiger partial charge in [0.1, 0.15) is 11.2 Å². The van der Waals surface area contributed by atoms with Crippen LogP contribution in [0, 0.1) is 0 Å². The summed E-state index contributed by atoms with van der Waals surface area (Å²) in [6.45, 7) is 1.13. The highest BCUT2D eigenvalue weighted by Gasteiger charge is 2.56. The first-order valence-electron chi connectivity index (χ1n) is 8.93. The van der Waals surface area contributed by atoms with Crippen molar-refractivity contribution in [1.82, 2.24) is 9.97 Å². The lowest BCUT2D eigenvalue weighted by atomic mass is 9.98. The molecule has 0 aliphatic heterocycles. The van der Waals surface area contributed by atoms with Crippen LogP contribution in [0.25, 0.3) is 10.9 Å². The summed E-state index contributed by atoms with van der Waals surface area (Å²) >= 11 is 0. The summed E-state index contributed by atoms with van der Waals surface area (Å²) in [5, 5.41) is 0.692. The van der Waals surface area contributed by atoms with E-state index in [1.165, 1.54) is 49.0 Å². The molecule has 1 unspecified atom stereocenters. The van der Waals surface area contributed by atoms with Crippen LogP contribution in [-0.4, -0.2) is 28.4 Å². The number of hydrogen-bond acceptors (Lipinski definition) is 9. The minimum atomic E-state index is -2.70. The highest BCUT2D eigenvalue weighted by molar-refractivity contribution is 6.07. The molecule has 1 radical (unpaired) electrons. The van der Waals surface area contributed by atoms with Gasteiger partial charge in [0.2, 0.25) is 0 Å². The van der Waals surface area contributed by atoms with Crippen molar-refractivity contribution in [3.8, 4) is 11.7 Å². The normalized spacial score (nSPS) is 12.5. The molecule has 9 heteroatoms. The first-order chi connectivity index (χ1) is 15.1. The summed E-state index contributed by atoms with van der Waals surface area (Å²) in [7, 11) is 0. The van der Waals surface area contributed by atoms with E-state index < -0.39 is 17.5 Å². The van der Waals surface area contributed by atoms with Gasteiger partial charge in [0, 0.05) is 23.8 Å². The lowest BCUT2D eigenvalue weighted by molar-refractivity contribution is -0.172. The Morgan fingerprint density at radius 3 is 2.42 bits per heavy atom. The highest BCUT2D eigenvalue weighted by atomic mass is 16.7. The number of ether oxygens (including phenoxy) is 3. The number of hydrogen-bond donors (Lipinski definition) is 0. The van der Waals surface area contributed by atoms with Crippen LogP contribution in [0.4, 0.5) is 0 Å². The summed E-state index contributed by atoms with van der Waals surface area (Å²) in [5.41, 5.74) is -2.58. The SMILES string of the molecule is O=[C]OC(C(=O)Oc1ccco1)(C(=O)Oc1cccc2cccnc12)c1ccccn1. The van der Waals surface area contributed by atoms with Gasteiger partial charge in [-0.15, -0.1) is 0 Å². The fourth-order valence-corrected chi connectivity index (χ4v) is 2.88. The summed E-state index contributed by atoms with van der Waals surface area (Å²) in [5.74, 6) is -2.75. The molecule has 0 fully saturated rings. The molecule has 0 amide bonds. The van der Waals surface area contributed by atoms with Gasteiger partial charge in [0.05, 0.1) is 6.26 Å². The predicted octanol–water partition coefficient (Wildman–Crippen LogP) is 2.71. The minimum Gasteiger partial charge on any atom is -0.434 e. The van der Waals surface area contributed by atoms with Crippen LogP contribution in [0.15, 0.2) is 83.7 Å². The molecule has 0 N–H and O–H groups in total. The molecule has 1 aromatic carbocycles. The van der Waals surface area contributed by atoms with Crippen molar-refractivity contribution in [3.05, 3.63) is 85.0 Å². The molecule has 0 spiro atoms. The Hall–Kier alpha value is -4.53. The third-order valence-corrected chi connectivity index (χ3v) is 4.28. The lowest BCUT2D eigenvalue weighted by Gasteiger charge is -2.25. The van der Waals surface area contributed by atoms with E-state index in [1.54, 1.807) is 30.3 Å².